The number of carboxylic acid groups (broad SMARTS) is 1. The van der Waals surface area contributed by atoms with Crippen molar-refractivity contribution in [2.24, 2.45) is 5.73 Å². The molecule has 1 heterocycles. The Morgan fingerprint density at radius 2 is 1.89 bits per heavy atom. The monoisotopic (exact) mass is 262 g/mol. The summed E-state index contributed by atoms with van der Waals surface area (Å²) in [6, 6.07) is 6.74. The SMILES string of the molecule is CC(C)(N)C(=O)N1Cc2ccccc2CC1C(=O)O. The van der Waals surface area contributed by atoms with Crippen LogP contribution in [-0.2, 0) is 22.6 Å². The van der Waals surface area contributed by atoms with Gasteiger partial charge in [-0.2, -0.15) is 0 Å². The summed E-state index contributed by atoms with van der Waals surface area (Å²) in [5.74, 6) is -1.33. The molecule has 1 unspecified atom stereocenters. The normalized spacial score (nSPS) is 18.9. The van der Waals surface area contributed by atoms with E-state index in [0.29, 0.717) is 13.0 Å². The molecule has 0 saturated heterocycles. The molecule has 2 rings (SSSR count). The highest BCUT2D eigenvalue weighted by Crippen LogP contribution is 2.25. The standard InChI is InChI=1S/C14H18N2O3/c1-14(2,15)13(19)16-8-10-6-4-3-5-9(10)7-11(16)12(17)18/h3-6,11H,7-8,15H2,1-2H3,(H,17,18). The average molecular weight is 262 g/mol. The number of hydrogen-bond acceptors (Lipinski definition) is 3. The van der Waals surface area contributed by atoms with Crippen LogP contribution in [0.2, 0.25) is 0 Å². The Hall–Kier alpha value is -1.88. The van der Waals surface area contributed by atoms with Crippen LogP contribution in [0.3, 0.4) is 0 Å². The number of carboxylic acids is 1. The first-order valence-corrected chi connectivity index (χ1v) is 6.20. The van der Waals surface area contributed by atoms with Crippen molar-refractivity contribution in [3.05, 3.63) is 35.4 Å². The second-order valence-electron chi connectivity index (χ2n) is 5.48. The van der Waals surface area contributed by atoms with Crippen LogP contribution in [0.25, 0.3) is 0 Å². The molecule has 0 aliphatic carbocycles. The Labute approximate surface area is 112 Å². The van der Waals surface area contributed by atoms with Crippen LogP contribution in [0.4, 0.5) is 0 Å². The Morgan fingerprint density at radius 1 is 1.32 bits per heavy atom. The van der Waals surface area contributed by atoms with E-state index >= 15 is 0 Å². The first-order valence-electron chi connectivity index (χ1n) is 6.20. The van der Waals surface area contributed by atoms with E-state index in [1.165, 1.54) is 4.90 Å². The lowest BCUT2D eigenvalue weighted by molar-refractivity contribution is -0.153. The molecule has 1 aliphatic rings. The molecular weight excluding hydrogens is 244 g/mol. The zero-order valence-corrected chi connectivity index (χ0v) is 11.1. The average Bonchev–Trinajstić information content (AvgIpc) is 2.35. The van der Waals surface area contributed by atoms with Crippen LogP contribution in [0.1, 0.15) is 25.0 Å². The minimum atomic E-state index is -1.07. The van der Waals surface area contributed by atoms with Crippen LogP contribution in [0.15, 0.2) is 24.3 Å². The second-order valence-corrected chi connectivity index (χ2v) is 5.48. The number of rotatable bonds is 2. The number of carbonyl (C=O) groups is 2. The third kappa shape index (κ3) is 2.61. The number of amides is 1. The lowest BCUT2D eigenvalue weighted by atomic mass is 9.92. The summed E-state index contributed by atoms with van der Waals surface area (Å²) < 4.78 is 0. The Bertz CT molecular complexity index is 520. The number of nitrogens with zero attached hydrogens (tertiary/aromatic N) is 1. The summed E-state index contributed by atoms with van der Waals surface area (Å²) in [4.78, 5) is 25.0. The maximum absolute atomic E-state index is 12.3. The van der Waals surface area contributed by atoms with Crippen molar-refractivity contribution in [2.75, 3.05) is 0 Å². The smallest absolute Gasteiger partial charge is 0.326 e. The number of carbonyl (C=O) groups excluding carboxylic acids is 1. The van der Waals surface area contributed by atoms with Crippen molar-refractivity contribution in [3.8, 4) is 0 Å². The van der Waals surface area contributed by atoms with Gasteiger partial charge in [-0.25, -0.2) is 4.79 Å². The first-order chi connectivity index (χ1) is 8.80. The maximum atomic E-state index is 12.3. The van der Waals surface area contributed by atoms with Gasteiger partial charge in [0.1, 0.15) is 6.04 Å². The van der Waals surface area contributed by atoms with E-state index < -0.39 is 17.6 Å². The fraction of sp³-hybridized carbons (Fsp3) is 0.429. The Kier molecular flexibility index (Phi) is 3.32. The maximum Gasteiger partial charge on any atom is 0.326 e. The number of aliphatic carboxylic acids is 1. The molecule has 1 aliphatic heterocycles. The zero-order chi connectivity index (χ0) is 14.2. The quantitative estimate of drug-likeness (QED) is 0.824. The van der Waals surface area contributed by atoms with E-state index in [0.717, 1.165) is 11.1 Å². The molecule has 0 spiro atoms. The van der Waals surface area contributed by atoms with Crippen molar-refractivity contribution in [3.63, 3.8) is 0 Å². The summed E-state index contributed by atoms with van der Waals surface area (Å²) in [6.45, 7) is 3.48. The molecule has 1 aromatic carbocycles. The van der Waals surface area contributed by atoms with E-state index in [2.05, 4.69) is 0 Å². The number of benzene rings is 1. The van der Waals surface area contributed by atoms with Crippen molar-refractivity contribution in [1.29, 1.82) is 0 Å². The van der Waals surface area contributed by atoms with Gasteiger partial charge in [-0.15, -0.1) is 0 Å². The highest BCUT2D eigenvalue weighted by atomic mass is 16.4. The van der Waals surface area contributed by atoms with Crippen molar-refractivity contribution < 1.29 is 14.7 Å². The van der Waals surface area contributed by atoms with Gasteiger partial charge < -0.3 is 15.7 Å². The minimum absolute atomic E-state index is 0.298. The molecule has 0 bridgehead atoms. The van der Waals surface area contributed by atoms with Crippen LogP contribution in [0, 0.1) is 0 Å². The predicted molar refractivity (Wildman–Crippen MR) is 70.4 cm³/mol. The van der Waals surface area contributed by atoms with Gasteiger partial charge in [-0.1, -0.05) is 24.3 Å². The second kappa shape index (κ2) is 4.66. The number of hydrogen-bond donors (Lipinski definition) is 2. The van der Waals surface area contributed by atoms with E-state index in [4.69, 9.17) is 5.73 Å². The Balaban J connectivity index is 2.37. The van der Waals surface area contributed by atoms with Gasteiger partial charge in [0.15, 0.2) is 0 Å². The highest BCUT2D eigenvalue weighted by Gasteiger charge is 2.38. The number of nitrogens with two attached hydrogens (primary N) is 1. The first kappa shape index (κ1) is 13.5. The molecule has 5 heteroatoms. The molecule has 0 saturated carbocycles. The molecule has 0 aromatic heterocycles. The molecular formula is C14H18N2O3. The number of fused-ring (bicyclic) bond motifs is 1. The fourth-order valence-electron chi connectivity index (χ4n) is 2.33. The van der Waals surface area contributed by atoms with E-state index in [9.17, 15) is 14.7 Å². The molecule has 1 atom stereocenters. The van der Waals surface area contributed by atoms with Gasteiger partial charge in [0.25, 0.3) is 0 Å². The van der Waals surface area contributed by atoms with E-state index in [1.807, 2.05) is 24.3 Å². The molecule has 0 radical (unpaired) electrons. The summed E-state index contributed by atoms with van der Waals surface area (Å²) in [5.41, 5.74) is 6.70. The van der Waals surface area contributed by atoms with Gasteiger partial charge in [0.05, 0.1) is 5.54 Å². The van der Waals surface area contributed by atoms with Crippen LogP contribution < -0.4 is 5.73 Å². The predicted octanol–water partition coefficient (Wildman–Crippen LogP) is 0.762. The van der Waals surface area contributed by atoms with Gasteiger partial charge >= 0.3 is 5.97 Å². The summed E-state index contributed by atoms with van der Waals surface area (Å²) in [7, 11) is 0. The lowest BCUT2D eigenvalue weighted by Gasteiger charge is -2.37. The summed E-state index contributed by atoms with van der Waals surface area (Å²) in [6.07, 6.45) is 0.327. The topological polar surface area (TPSA) is 83.6 Å². The van der Waals surface area contributed by atoms with Crippen molar-refractivity contribution in [1.82, 2.24) is 4.90 Å². The fourth-order valence-corrected chi connectivity index (χ4v) is 2.33. The third-order valence-corrected chi connectivity index (χ3v) is 3.35. The van der Waals surface area contributed by atoms with E-state index in [-0.39, 0.29) is 5.91 Å². The Morgan fingerprint density at radius 3 is 2.42 bits per heavy atom. The largest absolute Gasteiger partial charge is 0.480 e. The van der Waals surface area contributed by atoms with Gasteiger partial charge in [0, 0.05) is 13.0 Å². The van der Waals surface area contributed by atoms with Crippen molar-refractivity contribution in [2.45, 2.75) is 38.4 Å². The molecule has 3 N–H and O–H groups in total. The van der Waals surface area contributed by atoms with Crippen LogP contribution in [0.5, 0.6) is 0 Å². The molecule has 19 heavy (non-hydrogen) atoms. The van der Waals surface area contributed by atoms with Crippen molar-refractivity contribution >= 4 is 11.9 Å². The lowest BCUT2D eigenvalue weighted by Crippen LogP contribution is -2.57. The summed E-state index contributed by atoms with van der Waals surface area (Å²) >= 11 is 0. The molecule has 1 aromatic rings. The molecule has 1 amide bonds. The van der Waals surface area contributed by atoms with Gasteiger partial charge in [-0.3, -0.25) is 4.79 Å². The van der Waals surface area contributed by atoms with E-state index in [1.54, 1.807) is 13.8 Å². The molecule has 0 fully saturated rings. The molecule has 5 nitrogen and oxygen atoms in total. The van der Waals surface area contributed by atoms with Gasteiger partial charge in [0.2, 0.25) is 5.91 Å². The van der Waals surface area contributed by atoms with Crippen LogP contribution >= 0.6 is 0 Å². The summed E-state index contributed by atoms with van der Waals surface area (Å²) in [5, 5.41) is 9.31. The van der Waals surface area contributed by atoms with Crippen LogP contribution in [-0.4, -0.2) is 33.5 Å². The third-order valence-electron chi connectivity index (χ3n) is 3.35. The zero-order valence-electron chi connectivity index (χ0n) is 11.1. The van der Waals surface area contributed by atoms with Gasteiger partial charge in [-0.05, 0) is 25.0 Å². The molecule has 102 valence electrons. The highest BCUT2D eigenvalue weighted by molar-refractivity contribution is 5.90. The minimum Gasteiger partial charge on any atom is -0.480 e.